The first-order chi connectivity index (χ1) is 15.1. The largest absolute Gasteiger partial charge is 0.489 e. The van der Waals surface area contributed by atoms with Gasteiger partial charge in [0.2, 0.25) is 11.8 Å². The van der Waals surface area contributed by atoms with Crippen LogP contribution in [0, 0.1) is 5.82 Å². The summed E-state index contributed by atoms with van der Waals surface area (Å²) in [6.45, 7) is 0.897. The number of nitrogens with zero attached hydrogens (tertiary/aromatic N) is 1. The minimum Gasteiger partial charge on any atom is -0.489 e. The van der Waals surface area contributed by atoms with Crippen molar-refractivity contribution in [2.75, 3.05) is 11.9 Å². The molecule has 0 aliphatic carbocycles. The number of carbonyl (C=O) groups is 2. The monoisotopic (exact) mass is 438 g/mol. The van der Waals surface area contributed by atoms with Gasteiger partial charge < -0.3 is 15.0 Å². The molecule has 1 aliphatic rings. The maximum Gasteiger partial charge on any atom is 0.247 e. The third-order valence-corrected chi connectivity index (χ3v) is 6.08. The topological polar surface area (TPSA) is 58.6 Å². The summed E-state index contributed by atoms with van der Waals surface area (Å²) >= 11 is 1.55. The van der Waals surface area contributed by atoms with Crippen molar-refractivity contribution in [3.05, 3.63) is 82.3 Å². The third-order valence-electron chi connectivity index (χ3n) is 5.20. The van der Waals surface area contributed by atoms with Gasteiger partial charge in [-0.1, -0.05) is 24.3 Å². The number of hydrogen-bond acceptors (Lipinski definition) is 4. The van der Waals surface area contributed by atoms with Crippen molar-refractivity contribution in [3.63, 3.8) is 0 Å². The molecule has 2 aromatic carbocycles. The molecule has 31 heavy (non-hydrogen) atoms. The number of ether oxygens (including phenoxy) is 1. The smallest absolute Gasteiger partial charge is 0.247 e. The fourth-order valence-corrected chi connectivity index (χ4v) is 4.33. The molecule has 0 saturated carbocycles. The number of anilines is 1. The molecule has 1 aromatic heterocycles. The van der Waals surface area contributed by atoms with Crippen LogP contribution in [0.2, 0.25) is 0 Å². The summed E-state index contributed by atoms with van der Waals surface area (Å²) < 4.78 is 18.8. The summed E-state index contributed by atoms with van der Waals surface area (Å²) in [5, 5.41) is 4.86. The average molecular weight is 439 g/mol. The highest BCUT2D eigenvalue weighted by Gasteiger charge is 2.34. The van der Waals surface area contributed by atoms with Gasteiger partial charge in [-0.3, -0.25) is 9.59 Å². The summed E-state index contributed by atoms with van der Waals surface area (Å²) in [6.07, 6.45) is 1.80. The minimum atomic E-state index is -0.462. The molecule has 0 bridgehead atoms. The summed E-state index contributed by atoms with van der Waals surface area (Å²) in [5.41, 5.74) is 1.46. The first-order valence-corrected chi connectivity index (χ1v) is 11.1. The number of hydrogen-bond donors (Lipinski definition) is 1. The van der Waals surface area contributed by atoms with E-state index in [9.17, 15) is 14.0 Å². The Kier molecular flexibility index (Phi) is 6.62. The van der Waals surface area contributed by atoms with Crippen LogP contribution in [0.25, 0.3) is 0 Å². The molecule has 1 aliphatic heterocycles. The second kappa shape index (κ2) is 9.75. The number of rotatable bonds is 7. The Morgan fingerprint density at radius 3 is 2.74 bits per heavy atom. The highest BCUT2D eigenvalue weighted by Crippen LogP contribution is 2.23. The van der Waals surface area contributed by atoms with Gasteiger partial charge in [0.05, 0.1) is 6.42 Å². The summed E-state index contributed by atoms with van der Waals surface area (Å²) in [4.78, 5) is 28.2. The molecule has 1 unspecified atom stereocenters. The minimum absolute atomic E-state index is 0.0171. The number of nitrogens with one attached hydrogen (secondary N) is 1. The molecule has 1 atom stereocenters. The van der Waals surface area contributed by atoms with E-state index in [1.54, 1.807) is 52.6 Å². The van der Waals surface area contributed by atoms with Crippen molar-refractivity contribution >= 4 is 28.8 Å². The Hall–Kier alpha value is -3.19. The predicted molar refractivity (Wildman–Crippen MR) is 119 cm³/mol. The quantitative estimate of drug-likeness (QED) is 0.585. The van der Waals surface area contributed by atoms with Crippen LogP contribution in [-0.2, 0) is 22.6 Å². The van der Waals surface area contributed by atoms with E-state index >= 15 is 0 Å². The van der Waals surface area contributed by atoms with Crippen LogP contribution in [0.1, 0.15) is 23.3 Å². The van der Waals surface area contributed by atoms with E-state index < -0.39 is 6.04 Å². The van der Waals surface area contributed by atoms with E-state index in [-0.39, 0.29) is 17.6 Å². The number of thiophene rings is 1. The van der Waals surface area contributed by atoms with Gasteiger partial charge in [0.15, 0.2) is 0 Å². The zero-order chi connectivity index (χ0) is 21.6. The van der Waals surface area contributed by atoms with Crippen LogP contribution in [0.15, 0.2) is 66.0 Å². The van der Waals surface area contributed by atoms with Gasteiger partial charge in [-0.25, -0.2) is 4.39 Å². The van der Waals surface area contributed by atoms with E-state index in [1.807, 2.05) is 17.5 Å². The Morgan fingerprint density at radius 2 is 1.97 bits per heavy atom. The second-order valence-corrected chi connectivity index (χ2v) is 8.47. The lowest BCUT2D eigenvalue weighted by molar-refractivity contribution is -0.136. The maximum atomic E-state index is 13.0. The molecule has 2 amide bonds. The summed E-state index contributed by atoms with van der Waals surface area (Å²) in [7, 11) is 0. The predicted octanol–water partition coefficient (Wildman–Crippen LogP) is 4.64. The van der Waals surface area contributed by atoms with E-state index in [0.29, 0.717) is 37.4 Å². The zero-order valence-electron chi connectivity index (χ0n) is 16.9. The third kappa shape index (κ3) is 5.49. The molecule has 0 spiro atoms. The summed E-state index contributed by atoms with van der Waals surface area (Å²) in [6, 6.07) is 16.6. The lowest BCUT2D eigenvalue weighted by Crippen LogP contribution is -2.43. The molecule has 160 valence electrons. The van der Waals surface area contributed by atoms with Crippen LogP contribution in [0.5, 0.6) is 5.75 Å². The Labute approximate surface area is 184 Å². The van der Waals surface area contributed by atoms with Crippen LogP contribution >= 0.6 is 11.3 Å². The van der Waals surface area contributed by atoms with Gasteiger partial charge in [0.25, 0.3) is 0 Å². The van der Waals surface area contributed by atoms with Gasteiger partial charge in [-0.05, 0) is 54.1 Å². The molecule has 4 rings (SSSR count). The fraction of sp³-hybridized carbons (Fsp3) is 0.250. The number of halogens is 1. The van der Waals surface area contributed by atoms with Gasteiger partial charge >= 0.3 is 0 Å². The Balaban J connectivity index is 1.35. The van der Waals surface area contributed by atoms with Crippen LogP contribution < -0.4 is 10.1 Å². The molecule has 1 fully saturated rings. The first-order valence-electron chi connectivity index (χ1n) is 10.2. The molecular weight excluding hydrogens is 415 g/mol. The Morgan fingerprint density at radius 1 is 1.13 bits per heavy atom. The second-order valence-electron chi connectivity index (χ2n) is 7.43. The van der Waals surface area contributed by atoms with E-state index in [2.05, 4.69) is 5.32 Å². The van der Waals surface area contributed by atoms with Crippen molar-refractivity contribution in [3.8, 4) is 5.75 Å². The van der Waals surface area contributed by atoms with Crippen LogP contribution in [-0.4, -0.2) is 29.3 Å². The number of likely N-dealkylation sites (tertiary alicyclic amines) is 1. The first kappa shape index (κ1) is 21.1. The van der Waals surface area contributed by atoms with Gasteiger partial charge in [-0.15, -0.1) is 11.3 Å². The van der Waals surface area contributed by atoms with Gasteiger partial charge in [0.1, 0.15) is 24.2 Å². The molecular formula is C24H23FN2O3S. The molecule has 1 saturated heterocycles. The lowest BCUT2D eigenvalue weighted by atomic mass is 10.2. The average Bonchev–Trinajstić information content (AvgIpc) is 3.46. The Bertz CT molecular complexity index is 1040. The highest BCUT2D eigenvalue weighted by atomic mass is 32.1. The molecule has 0 radical (unpaired) electrons. The van der Waals surface area contributed by atoms with Crippen molar-refractivity contribution < 1.29 is 18.7 Å². The molecule has 3 aromatic rings. The summed E-state index contributed by atoms with van der Waals surface area (Å²) in [5.74, 6) is 0.103. The van der Waals surface area contributed by atoms with Gasteiger partial charge in [-0.2, -0.15) is 0 Å². The fourth-order valence-electron chi connectivity index (χ4n) is 3.64. The van der Waals surface area contributed by atoms with Crippen LogP contribution in [0.4, 0.5) is 10.1 Å². The number of amides is 2. The number of benzene rings is 2. The van der Waals surface area contributed by atoms with Gasteiger partial charge in [0, 0.05) is 23.2 Å². The SMILES string of the molecule is O=C(Nc1cccc(OCc2ccc(F)cc2)c1)C1CCCN1C(=O)Cc1cccs1. The standard InChI is InChI=1S/C24H23FN2O3S/c25-18-10-8-17(9-11-18)16-30-20-5-1-4-19(14-20)26-24(29)22-7-2-12-27(22)23(28)15-21-6-3-13-31-21/h1,3-6,8-11,13-14,22H,2,7,12,15-16H2,(H,26,29). The maximum absolute atomic E-state index is 13.0. The molecule has 5 nitrogen and oxygen atoms in total. The zero-order valence-corrected chi connectivity index (χ0v) is 17.7. The van der Waals surface area contributed by atoms with E-state index in [0.717, 1.165) is 16.9 Å². The van der Waals surface area contributed by atoms with E-state index in [1.165, 1.54) is 12.1 Å². The normalized spacial score (nSPS) is 15.6. The van der Waals surface area contributed by atoms with Crippen molar-refractivity contribution in [2.24, 2.45) is 0 Å². The highest BCUT2D eigenvalue weighted by molar-refractivity contribution is 7.10. The molecule has 7 heteroatoms. The van der Waals surface area contributed by atoms with Crippen molar-refractivity contribution in [2.45, 2.75) is 31.9 Å². The number of carbonyl (C=O) groups excluding carboxylic acids is 2. The van der Waals surface area contributed by atoms with E-state index in [4.69, 9.17) is 4.74 Å². The lowest BCUT2D eigenvalue weighted by Gasteiger charge is -2.24. The van der Waals surface area contributed by atoms with Crippen LogP contribution in [0.3, 0.4) is 0 Å². The van der Waals surface area contributed by atoms with Crippen molar-refractivity contribution in [1.82, 2.24) is 4.90 Å². The molecule has 2 heterocycles. The molecule has 1 N–H and O–H groups in total. The van der Waals surface area contributed by atoms with Crippen molar-refractivity contribution in [1.29, 1.82) is 0 Å².